The number of likely N-dealkylation sites (tertiary alicyclic amines) is 1. The molecule has 3 fully saturated rings. The standard InChI is InChI=1S/C18H31N3O4/c1-15-2-6-21(7-3-15)18(23)25-14-17(22)20-10-8-19(9-11-20)16-4-12-24-13-5-16/h15-16H,2-14H2,1H3. The molecule has 7 nitrogen and oxygen atoms in total. The van der Waals surface area contributed by atoms with E-state index in [1.165, 1.54) is 0 Å². The first-order chi connectivity index (χ1) is 12.1. The molecule has 0 saturated carbocycles. The van der Waals surface area contributed by atoms with Crippen LogP contribution in [-0.4, -0.2) is 91.8 Å². The number of hydrogen-bond acceptors (Lipinski definition) is 5. The van der Waals surface area contributed by atoms with Crippen molar-refractivity contribution in [3.8, 4) is 0 Å². The lowest BCUT2D eigenvalue weighted by molar-refractivity contribution is -0.137. The van der Waals surface area contributed by atoms with E-state index in [9.17, 15) is 9.59 Å². The van der Waals surface area contributed by atoms with Gasteiger partial charge in [-0.15, -0.1) is 0 Å². The van der Waals surface area contributed by atoms with Gasteiger partial charge >= 0.3 is 6.09 Å². The van der Waals surface area contributed by atoms with Crippen LogP contribution in [0, 0.1) is 5.92 Å². The van der Waals surface area contributed by atoms with Gasteiger partial charge in [0.1, 0.15) is 0 Å². The highest BCUT2D eigenvalue weighted by molar-refractivity contribution is 5.80. The van der Waals surface area contributed by atoms with Crippen molar-refractivity contribution < 1.29 is 19.1 Å². The lowest BCUT2D eigenvalue weighted by atomic mass is 10.00. The number of carbonyl (C=O) groups excluding carboxylic acids is 2. The summed E-state index contributed by atoms with van der Waals surface area (Å²) in [5.74, 6) is 0.586. The number of rotatable bonds is 3. The van der Waals surface area contributed by atoms with E-state index >= 15 is 0 Å². The summed E-state index contributed by atoms with van der Waals surface area (Å²) >= 11 is 0. The molecule has 7 heteroatoms. The maximum absolute atomic E-state index is 12.3. The Hall–Kier alpha value is -1.34. The molecule has 3 saturated heterocycles. The van der Waals surface area contributed by atoms with E-state index in [1.807, 2.05) is 4.90 Å². The molecule has 0 unspecified atom stereocenters. The fourth-order valence-electron chi connectivity index (χ4n) is 3.88. The van der Waals surface area contributed by atoms with Crippen LogP contribution in [0.15, 0.2) is 0 Å². The average Bonchev–Trinajstić information content (AvgIpc) is 2.67. The van der Waals surface area contributed by atoms with Gasteiger partial charge in [-0.25, -0.2) is 4.79 Å². The number of hydrogen-bond donors (Lipinski definition) is 0. The number of carbonyl (C=O) groups is 2. The molecule has 0 spiro atoms. The fourth-order valence-corrected chi connectivity index (χ4v) is 3.88. The summed E-state index contributed by atoms with van der Waals surface area (Å²) in [5.41, 5.74) is 0. The van der Waals surface area contributed by atoms with Crippen molar-refractivity contribution in [2.45, 2.75) is 38.6 Å². The first-order valence-electron chi connectivity index (χ1n) is 9.65. The quantitative estimate of drug-likeness (QED) is 0.762. The first-order valence-corrected chi connectivity index (χ1v) is 9.65. The molecule has 25 heavy (non-hydrogen) atoms. The Bertz CT molecular complexity index is 451. The predicted octanol–water partition coefficient (Wildman–Crippen LogP) is 1.18. The van der Waals surface area contributed by atoms with E-state index in [0.717, 1.165) is 78.2 Å². The molecule has 0 aromatic heterocycles. The molecule has 3 rings (SSSR count). The number of amides is 2. The lowest BCUT2D eigenvalue weighted by Gasteiger charge is -2.40. The van der Waals surface area contributed by atoms with Gasteiger partial charge in [0.25, 0.3) is 5.91 Å². The van der Waals surface area contributed by atoms with Crippen molar-refractivity contribution in [2.24, 2.45) is 5.92 Å². The maximum atomic E-state index is 12.3. The largest absolute Gasteiger partial charge is 0.439 e. The molecule has 0 aliphatic carbocycles. The van der Waals surface area contributed by atoms with Crippen LogP contribution in [0.5, 0.6) is 0 Å². The van der Waals surface area contributed by atoms with Gasteiger partial charge in [-0.05, 0) is 31.6 Å². The summed E-state index contributed by atoms with van der Waals surface area (Å²) in [6, 6.07) is 0.588. The van der Waals surface area contributed by atoms with Gasteiger partial charge in [0.15, 0.2) is 6.61 Å². The monoisotopic (exact) mass is 353 g/mol. The second-order valence-electron chi connectivity index (χ2n) is 7.48. The van der Waals surface area contributed by atoms with Gasteiger partial charge in [-0.1, -0.05) is 6.92 Å². The van der Waals surface area contributed by atoms with Crippen molar-refractivity contribution in [1.82, 2.24) is 14.7 Å². The smallest absolute Gasteiger partial charge is 0.410 e. The normalized spacial score (nSPS) is 24.4. The first kappa shape index (κ1) is 18.5. The van der Waals surface area contributed by atoms with Crippen molar-refractivity contribution in [3.05, 3.63) is 0 Å². The average molecular weight is 353 g/mol. The van der Waals surface area contributed by atoms with Crippen molar-refractivity contribution in [1.29, 1.82) is 0 Å². The summed E-state index contributed by atoms with van der Waals surface area (Å²) in [6.07, 6.45) is 3.84. The Morgan fingerprint density at radius 1 is 0.920 bits per heavy atom. The summed E-state index contributed by atoms with van der Waals surface area (Å²) in [7, 11) is 0. The van der Waals surface area contributed by atoms with Crippen LogP contribution in [-0.2, 0) is 14.3 Å². The molecule has 0 bridgehead atoms. The molecule has 0 aromatic rings. The van der Waals surface area contributed by atoms with Gasteiger partial charge in [-0.3, -0.25) is 9.69 Å². The number of piperazine rings is 1. The van der Waals surface area contributed by atoms with Gasteiger partial charge < -0.3 is 19.3 Å². The summed E-state index contributed by atoms with van der Waals surface area (Å²) in [5, 5.41) is 0. The molecular formula is C18H31N3O4. The van der Waals surface area contributed by atoms with Gasteiger partial charge in [0.2, 0.25) is 0 Å². The Kier molecular flexibility index (Phi) is 6.53. The van der Waals surface area contributed by atoms with E-state index in [2.05, 4.69) is 11.8 Å². The van der Waals surface area contributed by atoms with Crippen LogP contribution in [0.2, 0.25) is 0 Å². The Morgan fingerprint density at radius 2 is 1.56 bits per heavy atom. The minimum Gasteiger partial charge on any atom is -0.439 e. The molecule has 0 atom stereocenters. The second-order valence-corrected chi connectivity index (χ2v) is 7.48. The Labute approximate surface area is 150 Å². The van der Waals surface area contributed by atoms with E-state index in [-0.39, 0.29) is 18.6 Å². The second kappa shape index (κ2) is 8.85. The topological polar surface area (TPSA) is 62.3 Å². The van der Waals surface area contributed by atoms with Gasteiger partial charge in [0.05, 0.1) is 0 Å². The van der Waals surface area contributed by atoms with Crippen LogP contribution in [0.3, 0.4) is 0 Å². The van der Waals surface area contributed by atoms with E-state index < -0.39 is 0 Å². The van der Waals surface area contributed by atoms with E-state index in [4.69, 9.17) is 9.47 Å². The zero-order valence-electron chi connectivity index (χ0n) is 15.3. The van der Waals surface area contributed by atoms with Crippen molar-refractivity contribution >= 4 is 12.0 Å². The summed E-state index contributed by atoms with van der Waals surface area (Å²) in [6.45, 7) is 8.45. The highest BCUT2D eigenvalue weighted by Crippen LogP contribution is 2.18. The van der Waals surface area contributed by atoms with E-state index in [0.29, 0.717) is 12.0 Å². The summed E-state index contributed by atoms with van der Waals surface area (Å²) < 4.78 is 10.7. The van der Waals surface area contributed by atoms with Gasteiger partial charge in [0, 0.05) is 58.5 Å². The minimum absolute atomic E-state index is 0.0784. The summed E-state index contributed by atoms with van der Waals surface area (Å²) in [4.78, 5) is 30.4. The van der Waals surface area contributed by atoms with E-state index in [1.54, 1.807) is 4.90 Å². The molecule has 142 valence electrons. The number of piperidine rings is 1. The Morgan fingerprint density at radius 3 is 2.20 bits per heavy atom. The van der Waals surface area contributed by atoms with Crippen molar-refractivity contribution in [3.63, 3.8) is 0 Å². The van der Waals surface area contributed by atoms with Crippen LogP contribution >= 0.6 is 0 Å². The maximum Gasteiger partial charge on any atom is 0.410 e. The lowest BCUT2D eigenvalue weighted by Crippen LogP contribution is -2.53. The molecule has 3 aliphatic heterocycles. The van der Waals surface area contributed by atoms with Crippen LogP contribution in [0.1, 0.15) is 32.6 Å². The van der Waals surface area contributed by atoms with Crippen LogP contribution in [0.25, 0.3) is 0 Å². The highest BCUT2D eigenvalue weighted by atomic mass is 16.6. The third-order valence-electron chi connectivity index (χ3n) is 5.74. The van der Waals surface area contributed by atoms with Crippen LogP contribution in [0.4, 0.5) is 4.79 Å². The zero-order valence-corrected chi connectivity index (χ0v) is 15.3. The Balaban J connectivity index is 1.35. The molecule has 0 aromatic carbocycles. The highest BCUT2D eigenvalue weighted by Gasteiger charge is 2.28. The fraction of sp³-hybridized carbons (Fsp3) is 0.889. The predicted molar refractivity (Wildman–Crippen MR) is 93.3 cm³/mol. The molecule has 3 heterocycles. The molecule has 0 N–H and O–H groups in total. The SMILES string of the molecule is CC1CCN(C(=O)OCC(=O)N2CCN(C3CCOCC3)CC2)CC1. The van der Waals surface area contributed by atoms with Gasteiger partial charge in [-0.2, -0.15) is 0 Å². The minimum atomic E-state index is -0.346. The zero-order chi connectivity index (χ0) is 17.6. The molecule has 3 aliphatic rings. The number of ether oxygens (including phenoxy) is 2. The molecule has 2 amide bonds. The number of nitrogens with zero attached hydrogens (tertiary/aromatic N) is 3. The third kappa shape index (κ3) is 5.07. The van der Waals surface area contributed by atoms with Crippen molar-refractivity contribution in [2.75, 3.05) is 59.1 Å². The van der Waals surface area contributed by atoms with Crippen LogP contribution < -0.4 is 0 Å². The third-order valence-corrected chi connectivity index (χ3v) is 5.74. The molecule has 0 radical (unpaired) electrons. The molecular weight excluding hydrogens is 322 g/mol.